The third-order valence-corrected chi connectivity index (χ3v) is 4.18. The summed E-state index contributed by atoms with van der Waals surface area (Å²) in [5.41, 5.74) is 4.22. The highest BCUT2D eigenvalue weighted by Crippen LogP contribution is 2.39. The maximum absolute atomic E-state index is 2.36. The molecule has 0 spiro atoms. The minimum absolute atomic E-state index is 0.381. The van der Waals surface area contributed by atoms with Gasteiger partial charge in [0.1, 0.15) is 0 Å². The van der Waals surface area contributed by atoms with Crippen LogP contribution in [-0.2, 0) is 0 Å². The smallest absolute Gasteiger partial charge is 0.0281 e. The van der Waals surface area contributed by atoms with Gasteiger partial charge < -0.3 is 0 Å². The van der Waals surface area contributed by atoms with Gasteiger partial charge in [-0.05, 0) is 33.9 Å². The van der Waals surface area contributed by atoms with E-state index in [1.54, 1.807) is 0 Å². The Kier molecular flexibility index (Phi) is 2.67. The highest BCUT2D eigenvalue weighted by molar-refractivity contribution is 5.87. The Bertz CT molecular complexity index is 779. The molecule has 2 aliphatic carbocycles. The van der Waals surface area contributed by atoms with Crippen molar-refractivity contribution in [3.63, 3.8) is 0 Å². The van der Waals surface area contributed by atoms with Crippen LogP contribution in [0.2, 0.25) is 0 Å². The van der Waals surface area contributed by atoms with Gasteiger partial charge in [-0.1, -0.05) is 78.9 Å². The predicted octanol–water partition coefficient (Wildman–Crippen LogP) is 5.31. The fraction of sp³-hybridized carbons (Fsp3) is 0.100. The Morgan fingerprint density at radius 3 is 2.85 bits per heavy atom. The molecule has 0 aliphatic heterocycles. The lowest BCUT2D eigenvalue weighted by Gasteiger charge is -2.25. The first-order chi connectivity index (χ1) is 9.93. The van der Waals surface area contributed by atoms with Crippen molar-refractivity contribution in [2.45, 2.75) is 12.3 Å². The van der Waals surface area contributed by atoms with Crippen LogP contribution in [0.5, 0.6) is 0 Å². The Labute approximate surface area is 119 Å². The monoisotopic (exact) mass is 256 g/mol. The normalized spacial score (nSPS) is 20.5. The highest BCUT2D eigenvalue weighted by Gasteiger charge is 2.21. The molecule has 0 nitrogen and oxygen atoms in total. The zero-order valence-corrected chi connectivity index (χ0v) is 11.3. The van der Waals surface area contributed by atoms with E-state index in [0.717, 1.165) is 6.42 Å². The van der Waals surface area contributed by atoms with Crippen molar-refractivity contribution in [2.75, 3.05) is 0 Å². The summed E-state index contributed by atoms with van der Waals surface area (Å²) in [6.07, 6.45) is 14.6. The van der Waals surface area contributed by atoms with E-state index in [-0.39, 0.29) is 0 Å². The topological polar surface area (TPSA) is 0 Å². The lowest BCUT2D eigenvalue weighted by Crippen LogP contribution is -2.07. The van der Waals surface area contributed by atoms with Crippen molar-refractivity contribution >= 4 is 10.8 Å². The summed E-state index contributed by atoms with van der Waals surface area (Å²) in [5, 5.41) is 2.68. The SMILES string of the molecule is C1=CC(c2cccc3ccccc23)C2=CCC=CC2=C1. The van der Waals surface area contributed by atoms with Gasteiger partial charge in [0, 0.05) is 5.92 Å². The van der Waals surface area contributed by atoms with Gasteiger partial charge in [-0.15, -0.1) is 0 Å². The van der Waals surface area contributed by atoms with Gasteiger partial charge in [-0.2, -0.15) is 0 Å². The van der Waals surface area contributed by atoms with Crippen molar-refractivity contribution in [3.8, 4) is 0 Å². The molecule has 20 heavy (non-hydrogen) atoms. The predicted molar refractivity (Wildman–Crippen MR) is 85.8 cm³/mol. The van der Waals surface area contributed by atoms with Crippen LogP contribution in [0.25, 0.3) is 10.8 Å². The molecule has 4 rings (SSSR count). The molecule has 0 radical (unpaired) electrons. The number of allylic oxidation sites excluding steroid dienone is 8. The maximum atomic E-state index is 2.36. The van der Waals surface area contributed by atoms with Crippen LogP contribution in [0.1, 0.15) is 17.9 Å². The first-order valence-electron chi connectivity index (χ1n) is 7.16. The van der Waals surface area contributed by atoms with Gasteiger partial charge in [-0.3, -0.25) is 0 Å². The van der Waals surface area contributed by atoms with Gasteiger partial charge in [0.05, 0.1) is 0 Å². The molecule has 2 aromatic rings. The summed E-state index contributed by atoms with van der Waals surface area (Å²) >= 11 is 0. The molecule has 96 valence electrons. The van der Waals surface area contributed by atoms with Gasteiger partial charge >= 0.3 is 0 Å². The Morgan fingerprint density at radius 1 is 0.950 bits per heavy atom. The fourth-order valence-electron chi connectivity index (χ4n) is 3.23. The molecule has 0 bridgehead atoms. The molecule has 0 saturated heterocycles. The van der Waals surface area contributed by atoms with E-state index in [9.17, 15) is 0 Å². The summed E-state index contributed by atoms with van der Waals surface area (Å²) in [5.74, 6) is 0.381. The molecule has 0 saturated carbocycles. The summed E-state index contributed by atoms with van der Waals surface area (Å²) in [6.45, 7) is 0. The second-order valence-electron chi connectivity index (χ2n) is 5.35. The van der Waals surface area contributed by atoms with E-state index in [0.29, 0.717) is 5.92 Å². The number of benzene rings is 2. The third kappa shape index (κ3) is 1.77. The number of hydrogen-bond donors (Lipinski definition) is 0. The molecular weight excluding hydrogens is 240 g/mol. The first kappa shape index (κ1) is 11.5. The average Bonchev–Trinajstić information content (AvgIpc) is 2.54. The van der Waals surface area contributed by atoms with Crippen LogP contribution in [0.4, 0.5) is 0 Å². The molecule has 0 heteroatoms. The second kappa shape index (κ2) is 4.64. The summed E-state index contributed by atoms with van der Waals surface area (Å²) in [4.78, 5) is 0. The quantitative estimate of drug-likeness (QED) is 0.649. The fourth-order valence-corrected chi connectivity index (χ4v) is 3.23. The average molecular weight is 256 g/mol. The minimum Gasteiger partial charge on any atom is -0.0801 e. The van der Waals surface area contributed by atoms with Gasteiger partial charge in [0.25, 0.3) is 0 Å². The number of fused-ring (bicyclic) bond motifs is 2. The highest BCUT2D eigenvalue weighted by atomic mass is 14.2. The Hall–Kier alpha value is -2.34. The van der Waals surface area contributed by atoms with E-state index in [4.69, 9.17) is 0 Å². The van der Waals surface area contributed by atoms with Crippen LogP contribution in [0.3, 0.4) is 0 Å². The van der Waals surface area contributed by atoms with Gasteiger partial charge in [-0.25, -0.2) is 0 Å². The third-order valence-electron chi connectivity index (χ3n) is 4.18. The van der Waals surface area contributed by atoms with Crippen LogP contribution < -0.4 is 0 Å². The zero-order valence-electron chi connectivity index (χ0n) is 11.3. The zero-order chi connectivity index (χ0) is 13.4. The molecule has 0 amide bonds. The molecule has 1 atom stereocenters. The van der Waals surface area contributed by atoms with Crippen LogP contribution >= 0.6 is 0 Å². The van der Waals surface area contributed by atoms with E-state index in [1.807, 2.05) is 0 Å². The number of hydrogen-bond acceptors (Lipinski definition) is 0. The van der Waals surface area contributed by atoms with Gasteiger partial charge in [0.2, 0.25) is 0 Å². The van der Waals surface area contributed by atoms with Crippen molar-refractivity contribution in [3.05, 3.63) is 95.6 Å². The van der Waals surface area contributed by atoms with Gasteiger partial charge in [0.15, 0.2) is 0 Å². The number of rotatable bonds is 1. The van der Waals surface area contributed by atoms with Crippen LogP contribution in [-0.4, -0.2) is 0 Å². The maximum Gasteiger partial charge on any atom is 0.0281 e. The van der Waals surface area contributed by atoms with Crippen LogP contribution in [0, 0.1) is 0 Å². The molecule has 1 unspecified atom stereocenters. The second-order valence-corrected chi connectivity index (χ2v) is 5.35. The molecular formula is C20H16. The molecule has 0 N–H and O–H groups in total. The molecule has 2 aromatic carbocycles. The standard InChI is InChI=1S/C20H16/c1-3-11-17-15(7-1)9-5-13-19(17)20-14-6-10-16-8-2-4-12-18(16)20/h1-3,5-14,20H,4H2. The van der Waals surface area contributed by atoms with E-state index >= 15 is 0 Å². The lowest BCUT2D eigenvalue weighted by molar-refractivity contribution is 0.987. The Morgan fingerprint density at radius 2 is 1.85 bits per heavy atom. The van der Waals surface area contributed by atoms with Crippen molar-refractivity contribution in [1.29, 1.82) is 0 Å². The van der Waals surface area contributed by atoms with E-state index in [2.05, 4.69) is 78.9 Å². The molecule has 0 fully saturated rings. The summed E-state index contributed by atoms with van der Waals surface area (Å²) in [7, 11) is 0. The molecule has 2 aliphatic rings. The van der Waals surface area contributed by atoms with Crippen LogP contribution in [0.15, 0.2) is 90.1 Å². The summed E-state index contributed by atoms with van der Waals surface area (Å²) < 4.78 is 0. The summed E-state index contributed by atoms with van der Waals surface area (Å²) in [6, 6.07) is 15.3. The molecule has 0 heterocycles. The lowest BCUT2D eigenvalue weighted by atomic mass is 9.79. The largest absolute Gasteiger partial charge is 0.0801 e. The van der Waals surface area contributed by atoms with E-state index < -0.39 is 0 Å². The van der Waals surface area contributed by atoms with Crippen molar-refractivity contribution in [1.82, 2.24) is 0 Å². The molecule has 0 aromatic heterocycles. The van der Waals surface area contributed by atoms with Crippen molar-refractivity contribution < 1.29 is 0 Å². The van der Waals surface area contributed by atoms with E-state index in [1.165, 1.54) is 27.5 Å². The minimum atomic E-state index is 0.381. The first-order valence-corrected chi connectivity index (χ1v) is 7.16. The van der Waals surface area contributed by atoms with Crippen molar-refractivity contribution in [2.24, 2.45) is 0 Å². The Balaban J connectivity index is 1.90.